The van der Waals surface area contributed by atoms with Crippen LogP contribution in [-0.4, -0.2) is 21.0 Å². The minimum absolute atomic E-state index is 0.144. The number of thioether (sulfide) groups is 1. The van der Waals surface area contributed by atoms with E-state index in [-0.39, 0.29) is 16.5 Å². The van der Waals surface area contributed by atoms with Gasteiger partial charge in [-0.1, -0.05) is 11.8 Å². The minimum Gasteiger partial charge on any atom is -0.378 e. The van der Waals surface area contributed by atoms with Gasteiger partial charge < -0.3 is 5.73 Å². The van der Waals surface area contributed by atoms with Crippen LogP contribution in [0.3, 0.4) is 0 Å². The van der Waals surface area contributed by atoms with Gasteiger partial charge in [-0.15, -0.1) is 0 Å². The molecule has 1 heterocycles. The molecule has 2 aromatic rings. The van der Waals surface area contributed by atoms with Crippen molar-refractivity contribution >= 4 is 22.6 Å². The second-order valence-corrected chi connectivity index (χ2v) is 5.04. The van der Waals surface area contributed by atoms with Crippen LogP contribution >= 0.6 is 11.8 Å². The Hall–Kier alpha value is -1.89. The van der Waals surface area contributed by atoms with Gasteiger partial charge in [0.25, 0.3) is 0 Å². The Morgan fingerprint density at radius 3 is 2.35 bits per heavy atom. The Morgan fingerprint density at radius 1 is 1.30 bits per heavy atom. The van der Waals surface area contributed by atoms with Crippen LogP contribution in [0.1, 0.15) is 11.5 Å². The SMILES string of the molecule is CSC(N)=Nc1cc(F)c(-n2cc(C)nc2C)c(F)c1. The monoisotopic (exact) mass is 296 g/mol. The van der Waals surface area contributed by atoms with E-state index in [1.807, 2.05) is 0 Å². The molecule has 0 amide bonds. The third-order valence-electron chi connectivity index (χ3n) is 2.69. The van der Waals surface area contributed by atoms with Crippen LogP contribution in [0.4, 0.5) is 14.5 Å². The van der Waals surface area contributed by atoms with Crippen LogP contribution in [0.5, 0.6) is 0 Å². The Morgan fingerprint density at radius 2 is 1.90 bits per heavy atom. The summed E-state index contributed by atoms with van der Waals surface area (Å²) in [5.74, 6) is -0.906. The lowest BCUT2D eigenvalue weighted by atomic mass is 10.2. The van der Waals surface area contributed by atoms with Crippen molar-refractivity contribution in [2.75, 3.05) is 6.26 Å². The number of amidine groups is 1. The van der Waals surface area contributed by atoms with Crippen LogP contribution in [0, 0.1) is 25.5 Å². The fraction of sp³-hybridized carbons (Fsp3) is 0.231. The summed E-state index contributed by atoms with van der Waals surface area (Å²) in [6, 6.07) is 2.30. The van der Waals surface area contributed by atoms with Gasteiger partial charge >= 0.3 is 0 Å². The standard InChI is InChI=1S/C13H14F2N4S/c1-7-6-19(8(2)17-7)12-10(14)4-9(5-11(12)15)18-13(16)20-3/h4-6H,1-3H3,(H2,16,18). The van der Waals surface area contributed by atoms with E-state index >= 15 is 0 Å². The van der Waals surface area contributed by atoms with Gasteiger partial charge in [-0.3, -0.25) is 4.57 Å². The molecule has 0 saturated carbocycles. The summed E-state index contributed by atoms with van der Waals surface area (Å²) < 4.78 is 29.6. The van der Waals surface area contributed by atoms with E-state index < -0.39 is 11.6 Å². The molecular weight excluding hydrogens is 282 g/mol. The first-order chi connectivity index (χ1) is 9.42. The number of imidazole rings is 1. The van der Waals surface area contributed by atoms with Gasteiger partial charge in [0.2, 0.25) is 0 Å². The largest absolute Gasteiger partial charge is 0.378 e. The molecule has 0 saturated heterocycles. The fourth-order valence-corrected chi connectivity index (χ4v) is 2.06. The van der Waals surface area contributed by atoms with Crippen LogP contribution in [-0.2, 0) is 0 Å². The highest BCUT2D eigenvalue weighted by Crippen LogP contribution is 2.26. The molecule has 1 aromatic heterocycles. The average molecular weight is 296 g/mol. The summed E-state index contributed by atoms with van der Waals surface area (Å²) in [5, 5.41) is 0.242. The quantitative estimate of drug-likeness (QED) is 0.684. The summed E-state index contributed by atoms with van der Waals surface area (Å²) in [6.07, 6.45) is 3.31. The third kappa shape index (κ3) is 2.82. The first-order valence-electron chi connectivity index (χ1n) is 5.82. The van der Waals surface area contributed by atoms with E-state index in [9.17, 15) is 8.78 Å². The molecule has 0 spiro atoms. The third-order valence-corrected chi connectivity index (χ3v) is 3.20. The zero-order chi connectivity index (χ0) is 14.9. The minimum atomic E-state index is -0.710. The normalized spacial score (nSPS) is 11.9. The van der Waals surface area contributed by atoms with Crippen molar-refractivity contribution in [3.63, 3.8) is 0 Å². The molecular formula is C13H14F2N4S. The number of nitrogens with zero attached hydrogens (tertiary/aromatic N) is 3. The highest BCUT2D eigenvalue weighted by molar-refractivity contribution is 8.13. The Balaban J connectivity index is 2.55. The van der Waals surface area contributed by atoms with E-state index in [1.54, 1.807) is 26.3 Å². The topological polar surface area (TPSA) is 56.2 Å². The first kappa shape index (κ1) is 14.5. The van der Waals surface area contributed by atoms with Crippen molar-refractivity contribution in [3.05, 3.63) is 41.5 Å². The van der Waals surface area contributed by atoms with Gasteiger partial charge in [-0.2, -0.15) is 0 Å². The molecule has 0 bridgehead atoms. The number of aryl methyl sites for hydroxylation is 2. The van der Waals surface area contributed by atoms with Crippen LogP contribution in [0.25, 0.3) is 5.69 Å². The van der Waals surface area contributed by atoms with E-state index in [0.29, 0.717) is 11.5 Å². The average Bonchev–Trinajstić information content (AvgIpc) is 2.67. The van der Waals surface area contributed by atoms with E-state index in [4.69, 9.17) is 5.73 Å². The Bertz CT molecular complexity index is 656. The zero-order valence-corrected chi connectivity index (χ0v) is 12.1. The number of rotatable bonds is 2. The lowest BCUT2D eigenvalue weighted by molar-refractivity contribution is 0.568. The van der Waals surface area contributed by atoms with Crippen molar-refractivity contribution < 1.29 is 8.78 Å². The van der Waals surface area contributed by atoms with Crippen molar-refractivity contribution in [2.45, 2.75) is 13.8 Å². The maximum Gasteiger partial charge on any atom is 0.158 e. The number of nitrogens with two attached hydrogens (primary N) is 1. The first-order valence-corrected chi connectivity index (χ1v) is 7.05. The predicted molar refractivity (Wildman–Crippen MR) is 77.8 cm³/mol. The molecule has 4 nitrogen and oxygen atoms in total. The highest BCUT2D eigenvalue weighted by atomic mass is 32.2. The number of aliphatic imine (C=N–C) groups is 1. The molecule has 0 atom stereocenters. The fourth-order valence-electron chi connectivity index (χ4n) is 1.86. The summed E-state index contributed by atoms with van der Waals surface area (Å²) in [5.41, 5.74) is 6.21. The number of aromatic nitrogens is 2. The van der Waals surface area contributed by atoms with Gasteiger partial charge in [0.1, 0.15) is 11.5 Å². The molecule has 2 N–H and O–H groups in total. The van der Waals surface area contributed by atoms with Crippen molar-refractivity contribution in [1.29, 1.82) is 0 Å². The van der Waals surface area contributed by atoms with Crippen molar-refractivity contribution in [2.24, 2.45) is 10.7 Å². The van der Waals surface area contributed by atoms with Gasteiger partial charge in [-0.05, 0) is 20.1 Å². The molecule has 7 heteroatoms. The summed E-state index contributed by atoms with van der Waals surface area (Å²) >= 11 is 1.21. The van der Waals surface area contributed by atoms with Gasteiger partial charge in [-0.25, -0.2) is 18.8 Å². The summed E-state index contributed by atoms with van der Waals surface area (Å²) in [4.78, 5) is 8.05. The van der Waals surface area contributed by atoms with Gasteiger partial charge in [0.05, 0.1) is 11.4 Å². The lowest BCUT2D eigenvalue weighted by Gasteiger charge is -2.09. The molecule has 0 aliphatic carbocycles. The van der Waals surface area contributed by atoms with E-state index in [2.05, 4.69) is 9.98 Å². The molecule has 20 heavy (non-hydrogen) atoms. The van der Waals surface area contributed by atoms with Gasteiger partial charge in [0.15, 0.2) is 16.8 Å². The van der Waals surface area contributed by atoms with E-state index in [1.165, 1.54) is 16.3 Å². The molecule has 106 valence electrons. The van der Waals surface area contributed by atoms with Crippen molar-refractivity contribution in [1.82, 2.24) is 9.55 Å². The zero-order valence-electron chi connectivity index (χ0n) is 11.3. The number of halogens is 2. The summed E-state index contributed by atoms with van der Waals surface area (Å²) in [6.45, 7) is 3.45. The lowest BCUT2D eigenvalue weighted by Crippen LogP contribution is -2.05. The molecule has 0 aliphatic rings. The molecule has 2 rings (SSSR count). The van der Waals surface area contributed by atoms with Crippen LogP contribution < -0.4 is 5.73 Å². The number of benzene rings is 1. The Labute approximate surface area is 119 Å². The number of hydrogen-bond acceptors (Lipinski definition) is 3. The molecule has 0 radical (unpaired) electrons. The van der Waals surface area contributed by atoms with Gasteiger partial charge in [0, 0.05) is 18.3 Å². The highest BCUT2D eigenvalue weighted by Gasteiger charge is 2.15. The predicted octanol–water partition coefficient (Wildman–Crippen LogP) is 3.08. The van der Waals surface area contributed by atoms with Crippen LogP contribution in [0.15, 0.2) is 23.3 Å². The van der Waals surface area contributed by atoms with E-state index in [0.717, 1.165) is 12.1 Å². The maximum absolute atomic E-state index is 14.1. The van der Waals surface area contributed by atoms with Crippen LogP contribution in [0.2, 0.25) is 0 Å². The Kier molecular flexibility index (Phi) is 4.08. The molecule has 0 aliphatic heterocycles. The maximum atomic E-state index is 14.1. The molecule has 0 fully saturated rings. The molecule has 0 unspecified atom stereocenters. The van der Waals surface area contributed by atoms with Crippen molar-refractivity contribution in [3.8, 4) is 5.69 Å². The second-order valence-electron chi connectivity index (χ2n) is 4.21. The smallest absolute Gasteiger partial charge is 0.158 e. The second kappa shape index (κ2) is 5.62. The summed E-state index contributed by atoms with van der Waals surface area (Å²) in [7, 11) is 0. The number of hydrogen-bond donors (Lipinski definition) is 1. The molecule has 1 aromatic carbocycles.